The number of nitrogens with one attached hydrogen (secondary N) is 1. The summed E-state index contributed by atoms with van der Waals surface area (Å²) in [5.74, 6) is 0.863. The fourth-order valence-electron chi connectivity index (χ4n) is 3.95. The van der Waals surface area contributed by atoms with Crippen LogP contribution in [0.5, 0.6) is 11.5 Å². The van der Waals surface area contributed by atoms with Gasteiger partial charge in [0.1, 0.15) is 18.0 Å². The number of nitrogens with zero attached hydrogens (tertiary/aromatic N) is 2. The van der Waals surface area contributed by atoms with Crippen LogP contribution in [-0.2, 0) is 32.6 Å². The second-order valence-electron chi connectivity index (χ2n) is 8.66. The highest BCUT2D eigenvalue weighted by atomic mass is 32.2. The summed E-state index contributed by atoms with van der Waals surface area (Å²) in [4.78, 5) is 15.0. The summed E-state index contributed by atoms with van der Waals surface area (Å²) in [6.07, 6.45) is 1.09. The van der Waals surface area contributed by atoms with Crippen molar-refractivity contribution in [1.82, 2.24) is 10.2 Å². The minimum Gasteiger partial charge on any atom is -0.457 e. The molecule has 0 unspecified atom stereocenters. The number of anilines is 1. The van der Waals surface area contributed by atoms with Crippen LogP contribution in [0.2, 0.25) is 0 Å². The summed E-state index contributed by atoms with van der Waals surface area (Å²) in [6.45, 7) is 4.13. The second-order valence-corrected chi connectivity index (χ2v) is 10.6. The van der Waals surface area contributed by atoms with Crippen LogP contribution in [0.3, 0.4) is 0 Å². The van der Waals surface area contributed by atoms with Crippen molar-refractivity contribution in [2.75, 3.05) is 43.4 Å². The van der Waals surface area contributed by atoms with Crippen molar-refractivity contribution in [3.63, 3.8) is 0 Å². The third kappa shape index (κ3) is 7.55. The quantitative estimate of drug-likeness (QED) is 0.451. The van der Waals surface area contributed by atoms with E-state index in [0.717, 1.165) is 49.0 Å². The molecule has 0 aliphatic carbocycles. The molecule has 1 aliphatic rings. The average molecular weight is 510 g/mol. The van der Waals surface area contributed by atoms with E-state index in [4.69, 9.17) is 9.47 Å². The Hall–Kier alpha value is -3.40. The van der Waals surface area contributed by atoms with Gasteiger partial charge in [-0.15, -0.1) is 0 Å². The van der Waals surface area contributed by atoms with E-state index in [1.54, 1.807) is 24.3 Å². The third-order valence-corrected chi connectivity index (χ3v) is 6.92. The number of benzene rings is 3. The number of amides is 1. The molecule has 190 valence electrons. The van der Waals surface area contributed by atoms with Gasteiger partial charge in [-0.1, -0.05) is 42.5 Å². The lowest BCUT2D eigenvalue weighted by Gasteiger charge is -2.26. The molecule has 0 aromatic heterocycles. The van der Waals surface area contributed by atoms with Gasteiger partial charge in [0, 0.05) is 26.2 Å². The van der Waals surface area contributed by atoms with Crippen molar-refractivity contribution in [3.8, 4) is 11.5 Å². The van der Waals surface area contributed by atoms with Gasteiger partial charge < -0.3 is 14.8 Å². The van der Waals surface area contributed by atoms with Crippen molar-refractivity contribution < 1.29 is 22.7 Å². The molecule has 3 aromatic carbocycles. The highest BCUT2D eigenvalue weighted by Crippen LogP contribution is 2.25. The summed E-state index contributed by atoms with van der Waals surface area (Å²) < 4.78 is 37.2. The maximum absolute atomic E-state index is 12.7. The number of para-hydroxylation sites is 1. The molecular formula is C27H31N3O5S. The first-order chi connectivity index (χ1) is 17.4. The Bertz CT molecular complexity index is 1240. The third-order valence-electron chi connectivity index (χ3n) is 5.78. The molecule has 0 bridgehead atoms. The average Bonchev–Trinajstić information content (AvgIpc) is 2.87. The summed E-state index contributed by atoms with van der Waals surface area (Å²) in [5, 5.41) is 2.84. The van der Waals surface area contributed by atoms with Crippen LogP contribution in [0.25, 0.3) is 0 Å². The molecule has 3 aromatic rings. The van der Waals surface area contributed by atoms with Gasteiger partial charge in [-0.25, -0.2) is 8.42 Å². The van der Waals surface area contributed by atoms with Crippen LogP contribution < -0.4 is 14.4 Å². The Morgan fingerprint density at radius 1 is 0.944 bits per heavy atom. The highest BCUT2D eigenvalue weighted by Gasteiger charge is 2.21. The summed E-state index contributed by atoms with van der Waals surface area (Å²) in [6, 6.07) is 24.0. The van der Waals surface area contributed by atoms with Gasteiger partial charge in [0.05, 0.1) is 25.2 Å². The number of morpholine rings is 1. The molecule has 4 rings (SSSR count). The molecule has 1 aliphatic heterocycles. The number of ether oxygens (including phenoxy) is 2. The number of rotatable bonds is 10. The second kappa shape index (κ2) is 12.0. The monoisotopic (exact) mass is 509 g/mol. The van der Waals surface area contributed by atoms with E-state index in [2.05, 4.69) is 22.3 Å². The lowest BCUT2D eigenvalue weighted by Crippen LogP contribution is -2.40. The SMILES string of the molecule is CS(=O)(=O)N(CC(=O)NCc1cccc(CN2CCOCC2)c1)c1ccc(Oc2ccccc2)cc1. The first-order valence-corrected chi connectivity index (χ1v) is 13.7. The van der Waals surface area contributed by atoms with Gasteiger partial charge in [-0.05, 0) is 47.5 Å². The standard InChI is InChI=1S/C27H31N3O5S/c1-36(32,33)30(24-10-12-26(13-11-24)35-25-8-3-2-4-9-25)21-27(31)28-19-22-6-5-7-23(18-22)20-29-14-16-34-17-15-29/h2-13,18H,14-17,19-21H2,1H3,(H,28,31). The topological polar surface area (TPSA) is 88.2 Å². The number of carbonyl (C=O) groups excluding carboxylic acids is 1. The molecule has 9 heteroatoms. The Balaban J connectivity index is 1.35. The van der Waals surface area contributed by atoms with Gasteiger partial charge in [0.25, 0.3) is 0 Å². The Morgan fingerprint density at radius 3 is 2.31 bits per heavy atom. The van der Waals surface area contributed by atoms with Crippen LogP contribution in [0, 0.1) is 0 Å². The van der Waals surface area contributed by atoms with Crippen LogP contribution in [-0.4, -0.2) is 58.3 Å². The molecule has 1 amide bonds. The number of carbonyl (C=O) groups is 1. The van der Waals surface area contributed by atoms with E-state index < -0.39 is 10.0 Å². The lowest BCUT2D eigenvalue weighted by molar-refractivity contribution is -0.119. The van der Waals surface area contributed by atoms with E-state index in [9.17, 15) is 13.2 Å². The summed E-state index contributed by atoms with van der Waals surface area (Å²) >= 11 is 0. The predicted molar refractivity (Wildman–Crippen MR) is 140 cm³/mol. The fourth-order valence-corrected chi connectivity index (χ4v) is 4.80. The molecule has 1 heterocycles. The lowest BCUT2D eigenvalue weighted by atomic mass is 10.1. The zero-order valence-corrected chi connectivity index (χ0v) is 21.1. The summed E-state index contributed by atoms with van der Waals surface area (Å²) in [5.41, 5.74) is 2.52. The van der Waals surface area contributed by atoms with Crippen molar-refractivity contribution >= 4 is 21.6 Å². The normalized spacial score (nSPS) is 14.2. The predicted octanol–water partition coefficient (Wildman–Crippen LogP) is 3.39. The Kier molecular flexibility index (Phi) is 8.58. The minimum atomic E-state index is -3.67. The van der Waals surface area contributed by atoms with E-state index >= 15 is 0 Å². The molecule has 8 nitrogen and oxygen atoms in total. The fraction of sp³-hybridized carbons (Fsp3) is 0.296. The van der Waals surface area contributed by atoms with Crippen LogP contribution >= 0.6 is 0 Å². The van der Waals surface area contributed by atoms with Gasteiger partial charge >= 0.3 is 0 Å². The van der Waals surface area contributed by atoms with E-state index in [0.29, 0.717) is 23.7 Å². The van der Waals surface area contributed by atoms with Crippen molar-refractivity contribution in [2.45, 2.75) is 13.1 Å². The van der Waals surface area contributed by atoms with Gasteiger partial charge in [0.15, 0.2) is 0 Å². The van der Waals surface area contributed by atoms with Crippen LogP contribution in [0.4, 0.5) is 5.69 Å². The molecule has 0 atom stereocenters. The molecular weight excluding hydrogens is 478 g/mol. The smallest absolute Gasteiger partial charge is 0.241 e. The van der Waals surface area contributed by atoms with Gasteiger partial charge in [0.2, 0.25) is 15.9 Å². The maximum atomic E-state index is 12.7. The van der Waals surface area contributed by atoms with E-state index in [1.165, 1.54) is 5.56 Å². The molecule has 1 saturated heterocycles. The number of hydrogen-bond donors (Lipinski definition) is 1. The molecule has 1 fully saturated rings. The first kappa shape index (κ1) is 25.7. The summed E-state index contributed by atoms with van der Waals surface area (Å²) in [7, 11) is -3.67. The van der Waals surface area contributed by atoms with Gasteiger partial charge in [-0.3, -0.25) is 14.0 Å². The van der Waals surface area contributed by atoms with Gasteiger partial charge in [-0.2, -0.15) is 0 Å². The van der Waals surface area contributed by atoms with Crippen molar-refractivity contribution in [3.05, 3.63) is 90.0 Å². The number of hydrogen-bond acceptors (Lipinski definition) is 6. The van der Waals surface area contributed by atoms with E-state index in [1.807, 2.05) is 42.5 Å². The maximum Gasteiger partial charge on any atom is 0.241 e. The highest BCUT2D eigenvalue weighted by molar-refractivity contribution is 7.92. The van der Waals surface area contributed by atoms with Crippen molar-refractivity contribution in [2.24, 2.45) is 0 Å². The molecule has 1 N–H and O–H groups in total. The minimum absolute atomic E-state index is 0.314. The molecule has 0 saturated carbocycles. The van der Waals surface area contributed by atoms with E-state index in [-0.39, 0.29) is 12.5 Å². The Morgan fingerprint density at radius 2 is 1.61 bits per heavy atom. The van der Waals surface area contributed by atoms with Crippen LogP contribution in [0.1, 0.15) is 11.1 Å². The first-order valence-electron chi connectivity index (χ1n) is 11.8. The number of sulfonamides is 1. The zero-order chi connectivity index (χ0) is 25.4. The molecule has 0 radical (unpaired) electrons. The Labute approximate surface area is 212 Å². The largest absolute Gasteiger partial charge is 0.457 e. The zero-order valence-electron chi connectivity index (χ0n) is 20.3. The molecule has 0 spiro atoms. The van der Waals surface area contributed by atoms with Crippen molar-refractivity contribution in [1.29, 1.82) is 0 Å². The molecule has 36 heavy (non-hydrogen) atoms. The van der Waals surface area contributed by atoms with Crippen LogP contribution in [0.15, 0.2) is 78.9 Å².